The number of benzene rings is 1. The Balaban J connectivity index is 1.46. The third-order valence-corrected chi connectivity index (χ3v) is 4.62. The Bertz CT molecular complexity index is 646. The first-order chi connectivity index (χ1) is 11.8. The molecule has 0 aliphatic carbocycles. The second-order valence-corrected chi connectivity index (χ2v) is 6.44. The molecule has 2 heterocycles. The molecule has 0 bridgehead atoms. The minimum atomic E-state index is 0.245. The Kier molecular flexibility index (Phi) is 5.62. The zero-order valence-electron chi connectivity index (χ0n) is 14.3. The number of carbonyl (C=O) groups is 1. The second kappa shape index (κ2) is 8.08. The number of hydrogen-bond acceptors (Lipinski definition) is 4. The van der Waals surface area contributed by atoms with E-state index in [0.717, 1.165) is 56.9 Å². The highest BCUT2D eigenvalue weighted by Crippen LogP contribution is 2.27. The fourth-order valence-corrected chi connectivity index (χ4v) is 3.19. The summed E-state index contributed by atoms with van der Waals surface area (Å²) in [7, 11) is 0. The lowest BCUT2D eigenvalue weighted by Gasteiger charge is -2.30. The van der Waals surface area contributed by atoms with E-state index in [-0.39, 0.29) is 5.91 Å². The van der Waals surface area contributed by atoms with Gasteiger partial charge in [0.1, 0.15) is 0 Å². The molecule has 128 valence electrons. The molecule has 5 heteroatoms. The van der Waals surface area contributed by atoms with Crippen LogP contribution in [-0.2, 0) is 17.6 Å². The third kappa shape index (κ3) is 4.22. The van der Waals surface area contributed by atoms with Gasteiger partial charge < -0.3 is 9.42 Å². The fraction of sp³-hybridized carbons (Fsp3) is 0.526. The third-order valence-electron chi connectivity index (χ3n) is 4.62. The van der Waals surface area contributed by atoms with Crippen molar-refractivity contribution in [3.63, 3.8) is 0 Å². The molecule has 3 rings (SSSR count). The zero-order valence-corrected chi connectivity index (χ0v) is 14.3. The molecule has 1 aliphatic rings. The van der Waals surface area contributed by atoms with Gasteiger partial charge in [0.05, 0.1) is 0 Å². The van der Waals surface area contributed by atoms with Crippen LogP contribution in [0, 0.1) is 0 Å². The molecule has 1 aromatic heterocycles. The van der Waals surface area contributed by atoms with Crippen LogP contribution in [0.5, 0.6) is 0 Å². The quantitative estimate of drug-likeness (QED) is 0.816. The van der Waals surface area contributed by atoms with Crippen molar-refractivity contribution in [3.05, 3.63) is 47.6 Å². The average molecular weight is 327 g/mol. The first kappa shape index (κ1) is 16.7. The van der Waals surface area contributed by atoms with Gasteiger partial charge in [-0.15, -0.1) is 0 Å². The Hall–Kier alpha value is -2.17. The summed E-state index contributed by atoms with van der Waals surface area (Å²) in [4.78, 5) is 18.8. The van der Waals surface area contributed by atoms with Crippen molar-refractivity contribution < 1.29 is 9.32 Å². The van der Waals surface area contributed by atoms with Crippen molar-refractivity contribution in [3.8, 4) is 0 Å². The molecule has 1 saturated heterocycles. The van der Waals surface area contributed by atoms with Gasteiger partial charge in [0.15, 0.2) is 5.82 Å². The largest absolute Gasteiger partial charge is 0.343 e. The number of nitrogens with zero attached hydrogens (tertiary/aromatic N) is 3. The van der Waals surface area contributed by atoms with E-state index in [9.17, 15) is 4.79 Å². The Morgan fingerprint density at radius 3 is 2.67 bits per heavy atom. The topological polar surface area (TPSA) is 59.2 Å². The standard InChI is InChI=1S/C19H25N3O2/c1-2-6-17-20-19(24-21-17)16-11-13-22(14-12-16)18(23)10-9-15-7-4-3-5-8-15/h3-5,7-8,16H,2,6,9-14H2,1H3. The molecule has 0 radical (unpaired) electrons. The van der Waals surface area contributed by atoms with E-state index in [1.807, 2.05) is 23.1 Å². The lowest BCUT2D eigenvalue weighted by molar-refractivity contribution is -0.132. The van der Waals surface area contributed by atoms with Crippen LogP contribution in [-0.4, -0.2) is 34.0 Å². The number of likely N-dealkylation sites (tertiary alicyclic amines) is 1. The first-order valence-corrected chi connectivity index (χ1v) is 8.90. The zero-order chi connectivity index (χ0) is 16.8. The molecular weight excluding hydrogens is 302 g/mol. The van der Waals surface area contributed by atoms with Crippen LogP contribution in [0.4, 0.5) is 0 Å². The van der Waals surface area contributed by atoms with Gasteiger partial charge in [0.25, 0.3) is 0 Å². The van der Waals surface area contributed by atoms with Crippen LogP contribution in [0.1, 0.15) is 55.8 Å². The van der Waals surface area contributed by atoms with E-state index in [2.05, 4.69) is 29.2 Å². The molecule has 0 unspecified atom stereocenters. The molecule has 24 heavy (non-hydrogen) atoms. The van der Waals surface area contributed by atoms with Gasteiger partial charge in [-0.2, -0.15) is 4.98 Å². The molecule has 0 spiro atoms. The van der Waals surface area contributed by atoms with Crippen molar-refractivity contribution in [2.24, 2.45) is 0 Å². The van der Waals surface area contributed by atoms with Crippen LogP contribution in [0.25, 0.3) is 0 Å². The van der Waals surface area contributed by atoms with E-state index in [1.165, 1.54) is 5.56 Å². The molecule has 1 aromatic carbocycles. The Morgan fingerprint density at radius 1 is 1.21 bits per heavy atom. The number of aryl methyl sites for hydroxylation is 2. The summed E-state index contributed by atoms with van der Waals surface area (Å²) in [5.41, 5.74) is 1.22. The molecule has 5 nitrogen and oxygen atoms in total. The molecule has 2 aromatic rings. The maximum atomic E-state index is 12.4. The molecule has 0 N–H and O–H groups in total. The van der Waals surface area contributed by atoms with Crippen molar-refractivity contribution in [1.29, 1.82) is 0 Å². The van der Waals surface area contributed by atoms with Gasteiger partial charge >= 0.3 is 0 Å². The van der Waals surface area contributed by atoms with Gasteiger partial charge in [-0.25, -0.2) is 0 Å². The molecular formula is C19H25N3O2. The summed E-state index contributed by atoms with van der Waals surface area (Å²) in [5.74, 6) is 2.08. The first-order valence-electron chi connectivity index (χ1n) is 8.90. The number of piperidine rings is 1. The van der Waals surface area contributed by atoms with Gasteiger partial charge in [0, 0.05) is 31.8 Å². The summed E-state index contributed by atoms with van der Waals surface area (Å²) in [6.45, 7) is 3.67. The smallest absolute Gasteiger partial charge is 0.229 e. The van der Waals surface area contributed by atoms with Crippen LogP contribution in [0.2, 0.25) is 0 Å². The van der Waals surface area contributed by atoms with Gasteiger partial charge in [-0.1, -0.05) is 42.4 Å². The lowest BCUT2D eigenvalue weighted by Crippen LogP contribution is -2.38. The van der Waals surface area contributed by atoms with E-state index in [4.69, 9.17) is 4.52 Å². The van der Waals surface area contributed by atoms with Gasteiger partial charge in [0.2, 0.25) is 11.8 Å². The van der Waals surface area contributed by atoms with E-state index in [0.29, 0.717) is 12.3 Å². The van der Waals surface area contributed by atoms with E-state index >= 15 is 0 Å². The summed E-state index contributed by atoms with van der Waals surface area (Å²) in [5, 5.41) is 4.03. The number of rotatable bonds is 6. The van der Waals surface area contributed by atoms with Gasteiger partial charge in [-0.3, -0.25) is 4.79 Å². The highest BCUT2D eigenvalue weighted by atomic mass is 16.5. The lowest BCUT2D eigenvalue weighted by atomic mass is 9.96. The molecule has 0 atom stereocenters. The van der Waals surface area contributed by atoms with E-state index < -0.39 is 0 Å². The highest BCUT2D eigenvalue weighted by molar-refractivity contribution is 5.76. The summed E-state index contributed by atoms with van der Waals surface area (Å²) >= 11 is 0. The normalized spacial score (nSPS) is 15.6. The number of amides is 1. The summed E-state index contributed by atoms with van der Waals surface area (Å²) in [6, 6.07) is 10.2. The predicted molar refractivity (Wildman–Crippen MR) is 91.6 cm³/mol. The number of aromatic nitrogens is 2. The summed E-state index contributed by atoms with van der Waals surface area (Å²) < 4.78 is 5.39. The average Bonchev–Trinajstić information content (AvgIpc) is 3.10. The van der Waals surface area contributed by atoms with Crippen molar-refractivity contribution >= 4 is 5.91 Å². The predicted octanol–water partition coefficient (Wildman–Crippen LogP) is 3.36. The maximum absolute atomic E-state index is 12.4. The molecule has 1 amide bonds. The Morgan fingerprint density at radius 2 is 1.96 bits per heavy atom. The summed E-state index contributed by atoms with van der Waals surface area (Å²) in [6.07, 6.45) is 5.09. The second-order valence-electron chi connectivity index (χ2n) is 6.44. The SMILES string of the molecule is CCCc1noc(C2CCN(C(=O)CCc3ccccc3)CC2)n1. The van der Waals surface area contributed by atoms with Crippen LogP contribution < -0.4 is 0 Å². The Labute approximate surface area is 143 Å². The van der Waals surface area contributed by atoms with Crippen LogP contribution in [0.3, 0.4) is 0 Å². The minimum absolute atomic E-state index is 0.245. The monoisotopic (exact) mass is 327 g/mol. The number of hydrogen-bond donors (Lipinski definition) is 0. The highest BCUT2D eigenvalue weighted by Gasteiger charge is 2.27. The minimum Gasteiger partial charge on any atom is -0.343 e. The maximum Gasteiger partial charge on any atom is 0.229 e. The number of carbonyl (C=O) groups excluding carboxylic acids is 1. The van der Waals surface area contributed by atoms with Crippen molar-refractivity contribution in [1.82, 2.24) is 15.0 Å². The van der Waals surface area contributed by atoms with Crippen molar-refractivity contribution in [2.75, 3.05) is 13.1 Å². The molecule has 1 aliphatic heterocycles. The fourth-order valence-electron chi connectivity index (χ4n) is 3.19. The van der Waals surface area contributed by atoms with Gasteiger partial charge in [-0.05, 0) is 31.2 Å². The van der Waals surface area contributed by atoms with Crippen molar-refractivity contribution in [2.45, 2.75) is 51.4 Å². The van der Waals surface area contributed by atoms with Crippen LogP contribution >= 0.6 is 0 Å². The molecule has 1 fully saturated rings. The van der Waals surface area contributed by atoms with E-state index in [1.54, 1.807) is 0 Å². The van der Waals surface area contributed by atoms with Crippen LogP contribution in [0.15, 0.2) is 34.9 Å². The molecule has 0 saturated carbocycles.